The molecule has 0 amide bonds. The molecular weight excluding hydrogens is 316 g/mol. The lowest BCUT2D eigenvalue weighted by atomic mass is 10.0. The van der Waals surface area contributed by atoms with Crippen molar-refractivity contribution in [3.63, 3.8) is 0 Å². The number of carbonyl (C=O) groups excluding carboxylic acids is 1. The second-order valence-corrected chi connectivity index (χ2v) is 5.78. The van der Waals surface area contributed by atoms with E-state index in [1.807, 2.05) is 39.8 Å². The maximum absolute atomic E-state index is 11.9. The third-order valence-electron chi connectivity index (χ3n) is 2.97. The monoisotopic (exact) mass is 346 g/mol. The van der Waals surface area contributed by atoms with Crippen molar-refractivity contribution in [2.45, 2.75) is 46.0 Å². The Bertz CT molecular complexity index is 559. The molecule has 0 bridgehead atoms. The molecule has 0 aliphatic rings. The molecule has 138 valence electrons. The van der Waals surface area contributed by atoms with Crippen LogP contribution in [-0.4, -0.2) is 35.3 Å². The van der Waals surface area contributed by atoms with Gasteiger partial charge in [-0.3, -0.25) is 4.79 Å². The van der Waals surface area contributed by atoms with Gasteiger partial charge in [-0.15, -0.1) is 0 Å². The van der Waals surface area contributed by atoms with E-state index in [0.29, 0.717) is 23.3 Å². The number of aliphatic hydroxyl groups excluding tert-OH is 2. The van der Waals surface area contributed by atoms with Gasteiger partial charge in [-0.1, -0.05) is 60.7 Å². The highest BCUT2D eigenvalue weighted by Gasteiger charge is 2.18. The molecule has 2 aromatic carbocycles. The Morgan fingerprint density at radius 3 is 1.56 bits per heavy atom. The zero-order chi connectivity index (χ0) is 19.2. The molecular formula is C21H30O4. The summed E-state index contributed by atoms with van der Waals surface area (Å²) >= 11 is 0. The Balaban J connectivity index is 0.000000544. The largest absolute Gasteiger partial charge is 0.400 e. The highest BCUT2D eigenvalue weighted by atomic mass is 16.5. The SMILES string of the molecule is CC(C)OC(C)C.CO.O=C(c1ccccc1)C(O)c1ccccc1. The number of Topliss-reactive ketones (excluding diaryl/α,β-unsaturated/α-hetero) is 1. The smallest absolute Gasteiger partial charge is 0.195 e. The zero-order valence-electron chi connectivity index (χ0n) is 15.7. The maximum atomic E-state index is 11.9. The fraction of sp³-hybridized carbons (Fsp3) is 0.381. The first-order valence-corrected chi connectivity index (χ1v) is 8.34. The Hall–Kier alpha value is -2.01. The van der Waals surface area contributed by atoms with E-state index in [1.54, 1.807) is 48.5 Å². The molecule has 0 spiro atoms. The fourth-order valence-corrected chi connectivity index (χ4v) is 2.09. The number of hydrogen-bond acceptors (Lipinski definition) is 4. The van der Waals surface area contributed by atoms with E-state index >= 15 is 0 Å². The summed E-state index contributed by atoms with van der Waals surface area (Å²) in [5.74, 6) is -0.271. The summed E-state index contributed by atoms with van der Waals surface area (Å²) < 4.78 is 5.25. The molecule has 2 aromatic rings. The molecule has 0 saturated heterocycles. The van der Waals surface area contributed by atoms with Crippen LogP contribution in [0, 0.1) is 0 Å². The van der Waals surface area contributed by atoms with E-state index in [1.165, 1.54) is 0 Å². The third-order valence-corrected chi connectivity index (χ3v) is 2.97. The molecule has 1 unspecified atom stereocenters. The van der Waals surface area contributed by atoms with Crippen LogP contribution in [0.15, 0.2) is 60.7 Å². The summed E-state index contributed by atoms with van der Waals surface area (Å²) in [6.07, 6.45) is -0.330. The fourth-order valence-electron chi connectivity index (χ4n) is 2.09. The van der Waals surface area contributed by atoms with Crippen molar-refractivity contribution >= 4 is 5.78 Å². The van der Waals surface area contributed by atoms with Gasteiger partial charge in [0.1, 0.15) is 6.10 Å². The first kappa shape index (κ1) is 23.0. The van der Waals surface area contributed by atoms with Gasteiger partial charge >= 0.3 is 0 Å². The number of ether oxygens (including phenoxy) is 1. The number of benzene rings is 2. The minimum absolute atomic E-state index is 0.271. The van der Waals surface area contributed by atoms with Gasteiger partial charge in [0.05, 0.1) is 12.2 Å². The van der Waals surface area contributed by atoms with E-state index in [9.17, 15) is 9.90 Å². The number of hydrogen-bond donors (Lipinski definition) is 2. The van der Waals surface area contributed by atoms with Crippen molar-refractivity contribution < 1.29 is 19.7 Å². The van der Waals surface area contributed by atoms with E-state index in [-0.39, 0.29) is 5.78 Å². The lowest BCUT2D eigenvalue weighted by molar-refractivity contribution is 0.0300. The van der Waals surface area contributed by atoms with Crippen molar-refractivity contribution in [1.29, 1.82) is 0 Å². The van der Waals surface area contributed by atoms with Crippen LogP contribution in [0.4, 0.5) is 0 Å². The van der Waals surface area contributed by atoms with Crippen LogP contribution in [0.25, 0.3) is 0 Å². The van der Waals surface area contributed by atoms with Crippen LogP contribution in [0.1, 0.15) is 49.7 Å². The molecule has 0 heterocycles. The van der Waals surface area contributed by atoms with Gasteiger partial charge in [-0.2, -0.15) is 0 Å². The quantitative estimate of drug-likeness (QED) is 0.802. The van der Waals surface area contributed by atoms with Gasteiger partial charge in [-0.25, -0.2) is 0 Å². The average molecular weight is 346 g/mol. The lowest BCUT2D eigenvalue weighted by Gasteiger charge is -2.09. The number of ketones is 1. The molecule has 2 rings (SSSR count). The van der Waals surface area contributed by atoms with Crippen LogP contribution >= 0.6 is 0 Å². The zero-order valence-corrected chi connectivity index (χ0v) is 15.7. The number of aliphatic hydroxyl groups is 2. The summed E-state index contributed by atoms with van der Waals surface area (Å²) in [5.41, 5.74) is 1.15. The molecule has 0 aliphatic heterocycles. The molecule has 4 heteroatoms. The minimum Gasteiger partial charge on any atom is -0.400 e. The lowest BCUT2D eigenvalue weighted by Crippen LogP contribution is -2.11. The van der Waals surface area contributed by atoms with E-state index in [4.69, 9.17) is 9.84 Å². The van der Waals surface area contributed by atoms with Crippen molar-refractivity contribution in [2.24, 2.45) is 0 Å². The number of rotatable bonds is 5. The van der Waals surface area contributed by atoms with Crippen LogP contribution in [-0.2, 0) is 4.74 Å². The van der Waals surface area contributed by atoms with Gasteiger partial charge in [-0.05, 0) is 33.3 Å². The molecule has 0 fully saturated rings. The van der Waals surface area contributed by atoms with Gasteiger partial charge in [0.2, 0.25) is 0 Å². The Morgan fingerprint density at radius 2 is 1.20 bits per heavy atom. The minimum atomic E-state index is -1.08. The molecule has 0 radical (unpaired) electrons. The van der Waals surface area contributed by atoms with Crippen LogP contribution in [0.3, 0.4) is 0 Å². The second kappa shape index (κ2) is 13.3. The molecule has 0 aromatic heterocycles. The topological polar surface area (TPSA) is 66.8 Å². The maximum Gasteiger partial charge on any atom is 0.195 e. The molecule has 0 saturated carbocycles. The average Bonchev–Trinajstić information content (AvgIpc) is 2.63. The van der Waals surface area contributed by atoms with E-state index < -0.39 is 6.10 Å². The first-order valence-electron chi connectivity index (χ1n) is 8.34. The Labute approximate surface area is 151 Å². The summed E-state index contributed by atoms with van der Waals surface area (Å²) in [7, 11) is 1.00. The highest BCUT2D eigenvalue weighted by Crippen LogP contribution is 2.17. The van der Waals surface area contributed by atoms with Crippen molar-refractivity contribution in [3.8, 4) is 0 Å². The molecule has 2 N–H and O–H groups in total. The standard InChI is InChI=1S/C14H12O2.C6H14O.CH4O/c15-13(11-7-3-1-4-8-11)14(16)12-9-5-2-6-10-12;1-5(2)7-6(3)4;1-2/h1-10,13,15H;5-6H,1-4H3;2H,1H3. The molecule has 4 nitrogen and oxygen atoms in total. The molecule has 0 aliphatic carbocycles. The molecule has 1 atom stereocenters. The van der Waals surface area contributed by atoms with Crippen molar-refractivity contribution in [1.82, 2.24) is 0 Å². The summed E-state index contributed by atoms with van der Waals surface area (Å²) in [5, 5.41) is 16.9. The van der Waals surface area contributed by atoms with Crippen LogP contribution in [0.5, 0.6) is 0 Å². The normalized spacial score (nSPS) is 11.1. The Kier molecular flexibility index (Phi) is 12.2. The van der Waals surface area contributed by atoms with Crippen LogP contribution < -0.4 is 0 Å². The van der Waals surface area contributed by atoms with E-state index in [2.05, 4.69) is 0 Å². The highest BCUT2D eigenvalue weighted by molar-refractivity contribution is 5.99. The second-order valence-electron chi connectivity index (χ2n) is 5.78. The third kappa shape index (κ3) is 9.77. The van der Waals surface area contributed by atoms with Crippen LogP contribution in [0.2, 0.25) is 0 Å². The van der Waals surface area contributed by atoms with Gasteiger partial charge < -0.3 is 14.9 Å². The molecule has 25 heavy (non-hydrogen) atoms. The predicted molar refractivity (Wildman–Crippen MR) is 102 cm³/mol. The van der Waals surface area contributed by atoms with Gasteiger partial charge in [0.15, 0.2) is 5.78 Å². The Morgan fingerprint density at radius 1 is 0.800 bits per heavy atom. The summed E-state index contributed by atoms with van der Waals surface area (Å²) in [4.78, 5) is 11.9. The van der Waals surface area contributed by atoms with Gasteiger partial charge in [0.25, 0.3) is 0 Å². The van der Waals surface area contributed by atoms with E-state index in [0.717, 1.165) is 7.11 Å². The summed E-state index contributed by atoms with van der Waals surface area (Å²) in [6.45, 7) is 8.17. The van der Waals surface area contributed by atoms with Gasteiger partial charge in [0, 0.05) is 12.7 Å². The predicted octanol–water partition coefficient (Wildman–Crippen LogP) is 4.03. The van der Waals surface area contributed by atoms with Crippen molar-refractivity contribution in [2.75, 3.05) is 7.11 Å². The summed E-state index contributed by atoms with van der Waals surface area (Å²) in [6, 6.07) is 17.7. The van der Waals surface area contributed by atoms with Crippen molar-refractivity contribution in [3.05, 3.63) is 71.8 Å². The number of carbonyl (C=O) groups is 1. The first-order chi connectivity index (χ1) is 11.9.